The van der Waals surface area contributed by atoms with Crippen LogP contribution < -0.4 is 0 Å². The van der Waals surface area contributed by atoms with E-state index in [1.165, 1.54) is 19.2 Å². The van der Waals surface area contributed by atoms with Crippen LogP contribution in [0.25, 0.3) is 0 Å². The second-order valence-corrected chi connectivity index (χ2v) is 2.18. The second kappa shape index (κ2) is 5.79. The van der Waals surface area contributed by atoms with E-state index in [1.54, 1.807) is 0 Å². The highest BCUT2D eigenvalue weighted by Crippen LogP contribution is 1.95. The minimum Gasteiger partial charge on any atom is -0.159 e. The van der Waals surface area contributed by atoms with Gasteiger partial charge >= 0.3 is 0 Å². The van der Waals surface area contributed by atoms with E-state index in [1.807, 2.05) is 0 Å². The summed E-state index contributed by atoms with van der Waals surface area (Å²) >= 11 is 2.29. The van der Waals surface area contributed by atoms with Crippen molar-refractivity contribution in [1.82, 2.24) is 0 Å². The molecule has 0 aliphatic carbocycles. The predicted molar refractivity (Wildman–Crippen MR) is 39.5 cm³/mol. The van der Waals surface area contributed by atoms with Gasteiger partial charge in [0.2, 0.25) is 0 Å². The predicted octanol–water partition coefficient (Wildman–Crippen LogP) is 2.26. The van der Waals surface area contributed by atoms with Crippen LogP contribution in [0, 0.1) is 0 Å². The minimum atomic E-state index is 1.27. The molecule has 0 aromatic rings. The van der Waals surface area contributed by atoms with Crippen molar-refractivity contribution in [3.63, 3.8) is 0 Å². The van der Waals surface area contributed by atoms with Crippen LogP contribution in [0.4, 0.5) is 0 Å². The monoisotopic (exact) mass is 195 g/mol. The van der Waals surface area contributed by atoms with E-state index in [0.717, 1.165) is 0 Å². The quantitative estimate of drug-likeness (QED) is 0.368. The Morgan fingerprint density at radius 1 is 1.67 bits per heavy atom. The fourth-order valence-electron chi connectivity index (χ4n) is 0.281. The van der Waals surface area contributed by atoms with Gasteiger partial charge in [-0.05, 0) is 0 Å². The lowest BCUT2D eigenvalue weighted by Crippen LogP contribution is -1.72. The fraction of sp³-hybridized carbons (Fsp3) is 1.00. The van der Waals surface area contributed by atoms with Crippen LogP contribution in [0.2, 0.25) is 6.32 Å². The number of unbranched alkanes of at least 4 members (excludes halogenated alkanes) is 1. The average molecular weight is 195 g/mol. The molecule has 0 amide bonds. The van der Waals surface area contributed by atoms with Crippen molar-refractivity contribution in [1.29, 1.82) is 0 Å². The van der Waals surface area contributed by atoms with Crippen molar-refractivity contribution in [3.05, 3.63) is 0 Å². The lowest BCUT2D eigenvalue weighted by Gasteiger charge is -1.83. The first kappa shape index (κ1) is 6.79. The van der Waals surface area contributed by atoms with Gasteiger partial charge in [-0.2, -0.15) is 22.4 Å². The summed E-state index contributed by atoms with van der Waals surface area (Å²) in [6.45, 7) is 2.21. The summed E-state index contributed by atoms with van der Waals surface area (Å²) in [4.78, 5) is 0. The van der Waals surface area contributed by atoms with Gasteiger partial charge < -0.3 is 0 Å². The fourth-order valence-corrected chi connectivity index (χ4v) is 0.722. The average Bonchev–Trinajstić information content (AvgIpc) is 1.61. The Morgan fingerprint density at radius 2 is 2.33 bits per heavy atom. The Kier molecular flexibility index (Phi) is 6.56. The number of hydrogen-bond acceptors (Lipinski definition) is 0. The molecule has 0 bridgehead atoms. The molecule has 0 heterocycles. The molecular weight excluding hydrogens is 186 g/mol. The summed E-state index contributed by atoms with van der Waals surface area (Å²) in [7, 11) is 0. The molecule has 0 rings (SSSR count). The number of hydrogen-bond donors (Lipinski definition) is 0. The van der Waals surface area contributed by atoms with E-state index >= 15 is 0 Å². The smallest absolute Gasteiger partial charge is 0.159 e. The molecule has 0 saturated carbocycles. The van der Waals surface area contributed by atoms with Gasteiger partial charge in [0, 0.05) is 0 Å². The zero-order valence-electron chi connectivity index (χ0n) is 4.08. The molecule has 0 spiro atoms. The van der Waals surface area contributed by atoms with E-state index in [4.69, 9.17) is 0 Å². The molecule has 0 aliphatic heterocycles. The second-order valence-electron chi connectivity index (χ2n) is 1.30. The van der Waals surface area contributed by atoms with Gasteiger partial charge in [0.05, 0.1) is 0 Å². The zero-order chi connectivity index (χ0) is 4.83. The molecule has 0 nitrogen and oxygen atoms in total. The van der Waals surface area contributed by atoms with E-state index in [9.17, 15) is 0 Å². The first-order valence-electron chi connectivity index (χ1n) is 2.33. The molecule has 35 valence electrons. The molecular formula is C4H9BI. The van der Waals surface area contributed by atoms with Crippen LogP contribution in [0.1, 0.15) is 19.8 Å². The summed E-state index contributed by atoms with van der Waals surface area (Å²) in [6, 6.07) is 0. The normalized spacial score (nSPS) is 8.33. The highest BCUT2D eigenvalue weighted by Gasteiger charge is 1.79. The molecule has 0 aliphatic rings. The van der Waals surface area contributed by atoms with Gasteiger partial charge in [-0.15, -0.1) is 0 Å². The maximum absolute atomic E-state index is 2.29. The van der Waals surface area contributed by atoms with Crippen molar-refractivity contribution in [3.8, 4) is 0 Å². The summed E-state index contributed by atoms with van der Waals surface area (Å²) in [5, 5.41) is 2.18. The van der Waals surface area contributed by atoms with E-state index in [0.29, 0.717) is 0 Å². The van der Waals surface area contributed by atoms with Crippen LogP contribution in [-0.4, -0.2) is 5.14 Å². The van der Waals surface area contributed by atoms with Gasteiger partial charge in [-0.1, -0.05) is 26.1 Å². The van der Waals surface area contributed by atoms with Crippen LogP contribution >= 0.6 is 22.4 Å². The maximum atomic E-state index is 2.29. The summed E-state index contributed by atoms with van der Waals surface area (Å²) in [6.07, 6.45) is 3.94. The SMILES string of the molecule is CCCC[B]I. The molecule has 0 aromatic carbocycles. The minimum absolute atomic E-state index is 1.27. The number of rotatable bonds is 3. The van der Waals surface area contributed by atoms with E-state index in [-0.39, 0.29) is 0 Å². The third kappa shape index (κ3) is 4.79. The summed E-state index contributed by atoms with van der Waals surface area (Å²) in [5.74, 6) is 0. The standard InChI is InChI=1S/C4H9BI/c1-2-3-4-5-6/h2-4H2,1H3. The molecule has 0 N–H and O–H groups in total. The Labute approximate surface area is 53.8 Å². The van der Waals surface area contributed by atoms with Gasteiger partial charge in [-0.3, -0.25) is 0 Å². The summed E-state index contributed by atoms with van der Waals surface area (Å²) in [5.41, 5.74) is 0. The molecule has 0 aromatic heterocycles. The Morgan fingerprint density at radius 3 is 2.50 bits per heavy atom. The van der Waals surface area contributed by atoms with Gasteiger partial charge in [0.15, 0.2) is 5.14 Å². The van der Waals surface area contributed by atoms with Crippen LogP contribution in [0.15, 0.2) is 0 Å². The Hall–Kier alpha value is 0.795. The van der Waals surface area contributed by atoms with Crippen molar-refractivity contribution in [2.75, 3.05) is 0 Å². The van der Waals surface area contributed by atoms with E-state index in [2.05, 4.69) is 34.4 Å². The summed E-state index contributed by atoms with van der Waals surface area (Å²) < 4.78 is 0. The molecule has 0 atom stereocenters. The largest absolute Gasteiger partial charge is 0.200 e. The number of halogens is 1. The third-order valence-electron chi connectivity index (χ3n) is 0.667. The van der Waals surface area contributed by atoms with Crippen molar-refractivity contribution in [2.45, 2.75) is 26.1 Å². The molecule has 1 radical (unpaired) electrons. The highest BCUT2D eigenvalue weighted by atomic mass is 127. The topological polar surface area (TPSA) is 0 Å². The lowest BCUT2D eigenvalue weighted by molar-refractivity contribution is 0.883. The first-order chi connectivity index (χ1) is 2.91. The lowest BCUT2D eigenvalue weighted by atomic mass is 10.0. The molecule has 0 saturated heterocycles. The Balaban J connectivity index is 2.34. The molecule has 0 fully saturated rings. The van der Waals surface area contributed by atoms with Gasteiger partial charge in [0.25, 0.3) is 0 Å². The van der Waals surface area contributed by atoms with Gasteiger partial charge in [0.1, 0.15) is 0 Å². The molecule has 0 unspecified atom stereocenters. The van der Waals surface area contributed by atoms with E-state index < -0.39 is 0 Å². The van der Waals surface area contributed by atoms with Gasteiger partial charge in [-0.25, -0.2) is 0 Å². The van der Waals surface area contributed by atoms with Crippen molar-refractivity contribution in [2.24, 2.45) is 0 Å². The van der Waals surface area contributed by atoms with Crippen LogP contribution in [-0.2, 0) is 0 Å². The molecule has 6 heavy (non-hydrogen) atoms. The van der Waals surface area contributed by atoms with Crippen LogP contribution in [0.5, 0.6) is 0 Å². The maximum Gasteiger partial charge on any atom is 0.200 e. The highest BCUT2D eigenvalue weighted by molar-refractivity contribution is 14.1. The zero-order valence-corrected chi connectivity index (χ0v) is 6.23. The van der Waals surface area contributed by atoms with Crippen molar-refractivity contribution >= 4 is 27.5 Å². The third-order valence-corrected chi connectivity index (χ3v) is 1.29. The van der Waals surface area contributed by atoms with Crippen molar-refractivity contribution < 1.29 is 0 Å². The Bertz CT molecular complexity index is 19.5. The first-order valence-corrected chi connectivity index (χ1v) is 3.58. The molecule has 2 heteroatoms. The van der Waals surface area contributed by atoms with Crippen LogP contribution in [0.3, 0.4) is 0 Å².